The van der Waals surface area contributed by atoms with Crippen LogP contribution in [0.15, 0.2) is 36.9 Å². The Kier molecular flexibility index (Phi) is 3.34. The highest BCUT2D eigenvalue weighted by atomic mass is 16.2. The summed E-state index contributed by atoms with van der Waals surface area (Å²) in [5, 5.41) is 11.8. The number of amides is 2. The quantitative estimate of drug-likeness (QED) is 0.751. The predicted molar refractivity (Wildman–Crippen MR) is 63.4 cm³/mol. The Balaban J connectivity index is 1.91. The number of urea groups is 1. The van der Waals surface area contributed by atoms with Gasteiger partial charge in [0.05, 0.1) is 17.9 Å². The molecule has 6 nitrogen and oxygen atoms in total. The lowest BCUT2D eigenvalue weighted by Crippen LogP contribution is -2.31. The summed E-state index contributed by atoms with van der Waals surface area (Å²) < 4.78 is 0. The number of carbonyl (C=O) groups is 1. The highest BCUT2D eigenvalue weighted by Crippen LogP contribution is 2.10. The monoisotopic (exact) mass is 231 g/mol. The van der Waals surface area contributed by atoms with E-state index in [0.717, 1.165) is 5.56 Å². The van der Waals surface area contributed by atoms with Gasteiger partial charge in [-0.2, -0.15) is 5.10 Å². The van der Waals surface area contributed by atoms with Gasteiger partial charge < -0.3 is 10.6 Å². The molecule has 6 heteroatoms. The number of pyridine rings is 1. The van der Waals surface area contributed by atoms with Gasteiger partial charge in [0.25, 0.3) is 0 Å². The van der Waals surface area contributed by atoms with Crippen molar-refractivity contribution in [3.63, 3.8) is 0 Å². The van der Waals surface area contributed by atoms with Gasteiger partial charge in [0.15, 0.2) is 0 Å². The van der Waals surface area contributed by atoms with Crippen molar-refractivity contribution in [3.05, 3.63) is 42.5 Å². The lowest BCUT2D eigenvalue weighted by Gasteiger charge is -2.14. The van der Waals surface area contributed by atoms with E-state index in [0.29, 0.717) is 5.69 Å². The summed E-state index contributed by atoms with van der Waals surface area (Å²) in [6.45, 7) is 1.91. The second-order valence-corrected chi connectivity index (χ2v) is 3.59. The van der Waals surface area contributed by atoms with E-state index in [1.54, 1.807) is 18.6 Å². The van der Waals surface area contributed by atoms with Crippen LogP contribution in [0.1, 0.15) is 18.5 Å². The number of aromatic nitrogens is 3. The summed E-state index contributed by atoms with van der Waals surface area (Å²) in [5.41, 5.74) is 1.63. The minimum atomic E-state index is -0.268. The lowest BCUT2D eigenvalue weighted by molar-refractivity contribution is 0.249. The van der Waals surface area contributed by atoms with Gasteiger partial charge in [-0.1, -0.05) is 0 Å². The molecule has 0 aliphatic carbocycles. The fourth-order valence-electron chi connectivity index (χ4n) is 1.42. The zero-order chi connectivity index (χ0) is 12.1. The summed E-state index contributed by atoms with van der Waals surface area (Å²) in [7, 11) is 0. The number of nitrogens with one attached hydrogen (secondary N) is 3. The summed E-state index contributed by atoms with van der Waals surface area (Å²) >= 11 is 0. The standard InChI is InChI=1S/C11H13N5O/c1-8(9-2-4-12-5-3-9)15-11(17)16-10-6-13-14-7-10/h2-8H,1H3,(H,13,14)(H2,15,16,17). The molecule has 0 aliphatic heterocycles. The number of carbonyl (C=O) groups excluding carboxylic acids is 1. The topological polar surface area (TPSA) is 82.7 Å². The van der Waals surface area contributed by atoms with Gasteiger partial charge in [0.1, 0.15) is 0 Å². The van der Waals surface area contributed by atoms with E-state index in [1.807, 2.05) is 19.1 Å². The van der Waals surface area contributed by atoms with E-state index in [9.17, 15) is 4.79 Å². The van der Waals surface area contributed by atoms with Crippen LogP contribution in [0.5, 0.6) is 0 Å². The minimum Gasteiger partial charge on any atom is -0.331 e. The van der Waals surface area contributed by atoms with Crippen molar-refractivity contribution in [2.24, 2.45) is 0 Å². The Morgan fingerprint density at radius 2 is 2.18 bits per heavy atom. The fourth-order valence-corrected chi connectivity index (χ4v) is 1.42. The molecule has 0 aromatic carbocycles. The van der Waals surface area contributed by atoms with Gasteiger partial charge >= 0.3 is 6.03 Å². The SMILES string of the molecule is CC(NC(=O)Nc1cn[nH]c1)c1ccncc1. The number of hydrogen-bond donors (Lipinski definition) is 3. The Hall–Kier alpha value is -2.37. The molecule has 0 fully saturated rings. The van der Waals surface area contributed by atoms with Crippen LogP contribution in [0.3, 0.4) is 0 Å². The van der Waals surface area contributed by atoms with Gasteiger partial charge in [-0.05, 0) is 24.6 Å². The summed E-state index contributed by atoms with van der Waals surface area (Å²) in [6.07, 6.45) is 6.54. The molecular formula is C11H13N5O. The summed E-state index contributed by atoms with van der Waals surface area (Å²) in [6, 6.07) is 3.38. The highest BCUT2D eigenvalue weighted by molar-refractivity contribution is 5.89. The molecule has 2 amide bonds. The van der Waals surface area contributed by atoms with Crippen molar-refractivity contribution < 1.29 is 4.79 Å². The number of rotatable bonds is 3. The molecule has 1 atom stereocenters. The maximum atomic E-state index is 11.6. The molecule has 0 spiro atoms. The Bertz CT molecular complexity index is 468. The number of nitrogens with zero attached hydrogens (tertiary/aromatic N) is 2. The molecule has 0 saturated heterocycles. The number of H-pyrrole nitrogens is 1. The molecule has 2 heterocycles. The molecule has 0 saturated carbocycles. The molecule has 0 bridgehead atoms. The van der Waals surface area contributed by atoms with Gasteiger partial charge in [-0.3, -0.25) is 10.1 Å². The van der Waals surface area contributed by atoms with Gasteiger partial charge in [-0.25, -0.2) is 4.79 Å². The van der Waals surface area contributed by atoms with Gasteiger partial charge in [0.2, 0.25) is 0 Å². The molecule has 2 aromatic rings. The largest absolute Gasteiger partial charge is 0.331 e. The van der Waals surface area contributed by atoms with Crippen LogP contribution in [0.2, 0.25) is 0 Å². The third kappa shape index (κ3) is 3.04. The number of hydrogen-bond acceptors (Lipinski definition) is 3. The zero-order valence-electron chi connectivity index (χ0n) is 9.34. The Labute approximate surface area is 98.5 Å². The van der Waals surface area contributed by atoms with Crippen molar-refractivity contribution in [2.45, 2.75) is 13.0 Å². The maximum absolute atomic E-state index is 11.6. The molecule has 2 aromatic heterocycles. The Morgan fingerprint density at radius 1 is 1.41 bits per heavy atom. The normalized spacial score (nSPS) is 11.8. The van der Waals surface area contributed by atoms with Crippen molar-refractivity contribution >= 4 is 11.7 Å². The van der Waals surface area contributed by atoms with Crippen molar-refractivity contribution in [1.29, 1.82) is 0 Å². The average molecular weight is 231 g/mol. The average Bonchev–Trinajstić information content (AvgIpc) is 2.82. The van der Waals surface area contributed by atoms with E-state index >= 15 is 0 Å². The van der Waals surface area contributed by atoms with Crippen molar-refractivity contribution in [1.82, 2.24) is 20.5 Å². The molecule has 3 N–H and O–H groups in total. The van der Waals surface area contributed by atoms with Crippen molar-refractivity contribution in [2.75, 3.05) is 5.32 Å². The summed E-state index contributed by atoms with van der Waals surface area (Å²) in [4.78, 5) is 15.5. The number of anilines is 1. The second-order valence-electron chi connectivity index (χ2n) is 3.59. The molecule has 2 rings (SSSR count). The van der Waals surface area contributed by atoms with Crippen LogP contribution in [0, 0.1) is 0 Å². The molecule has 88 valence electrons. The van der Waals surface area contributed by atoms with E-state index < -0.39 is 0 Å². The predicted octanol–water partition coefficient (Wildman–Crippen LogP) is 1.69. The molecule has 0 radical (unpaired) electrons. The fraction of sp³-hybridized carbons (Fsp3) is 0.182. The summed E-state index contributed by atoms with van der Waals surface area (Å²) in [5.74, 6) is 0. The second kappa shape index (κ2) is 5.11. The first-order valence-electron chi connectivity index (χ1n) is 5.22. The van der Waals surface area contributed by atoms with Crippen LogP contribution < -0.4 is 10.6 Å². The highest BCUT2D eigenvalue weighted by Gasteiger charge is 2.09. The van der Waals surface area contributed by atoms with Crippen LogP contribution in [-0.2, 0) is 0 Å². The first-order valence-corrected chi connectivity index (χ1v) is 5.22. The maximum Gasteiger partial charge on any atom is 0.319 e. The van der Waals surface area contributed by atoms with Crippen LogP contribution in [-0.4, -0.2) is 21.2 Å². The van der Waals surface area contributed by atoms with E-state index in [-0.39, 0.29) is 12.1 Å². The van der Waals surface area contributed by atoms with Crippen LogP contribution in [0.4, 0.5) is 10.5 Å². The lowest BCUT2D eigenvalue weighted by atomic mass is 10.1. The minimum absolute atomic E-state index is 0.0788. The van der Waals surface area contributed by atoms with Crippen LogP contribution >= 0.6 is 0 Å². The molecule has 17 heavy (non-hydrogen) atoms. The van der Waals surface area contributed by atoms with Gasteiger partial charge in [-0.15, -0.1) is 0 Å². The van der Waals surface area contributed by atoms with E-state index in [1.165, 1.54) is 6.20 Å². The molecular weight excluding hydrogens is 218 g/mol. The third-order valence-electron chi connectivity index (χ3n) is 2.31. The first-order chi connectivity index (χ1) is 8.25. The third-order valence-corrected chi connectivity index (χ3v) is 2.31. The van der Waals surface area contributed by atoms with E-state index in [2.05, 4.69) is 25.8 Å². The molecule has 1 unspecified atom stereocenters. The van der Waals surface area contributed by atoms with Crippen molar-refractivity contribution in [3.8, 4) is 0 Å². The smallest absolute Gasteiger partial charge is 0.319 e. The number of aromatic amines is 1. The Morgan fingerprint density at radius 3 is 2.82 bits per heavy atom. The first kappa shape index (κ1) is 11.1. The molecule has 0 aliphatic rings. The van der Waals surface area contributed by atoms with E-state index in [4.69, 9.17) is 0 Å². The van der Waals surface area contributed by atoms with Crippen LogP contribution in [0.25, 0.3) is 0 Å². The zero-order valence-corrected chi connectivity index (χ0v) is 9.34. The van der Waals surface area contributed by atoms with Gasteiger partial charge in [0, 0.05) is 18.6 Å².